The van der Waals surface area contributed by atoms with Gasteiger partial charge in [0.25, 0.3) is 0 Å². The number of benzene rings is 1. The number of rotatable bonds is 6. The van der Waals surface area contributed by atoms with Crippen LogP contribution >= 0.6 is 0 Å². The van der Waals surface area contributed by atoms with Gasteiger partial charge in [0.15, 0.2) is 11.5 Å². The van der Waals surface area contributed by atoms with E-state index in [1.807, 2.05) is 0 Å². The second kappa shape index (κ2) is 6.01. The first kappa shape index (κ1) is 14.7. The molecule has 3 N–H and O–H groups in total. The third kappa shape index (κ3) is 4.15. The van der Waals surface area contributed by atoms with Gasteiger partial charge < -0.3 is 19.3 Å². The van der Waals surface area contributed by atoms with Gasteiger partial charge in [0.2, 0.25) is 0 Å². The average Bonchev–Trinajstić information content (AvgIpc) is 2.27. The van der Waals surface area contributed by atoms with Crippen molar-refractivity contribution < 1.29 is 27.0 Å². The van der Waals surface area contributed by atoms with Gasteiger partial charge in [-0.25, -0.2) is 0 Å². The Hall–Kier alpha value is -1.35. The molecule has 0 amide bonds. The molecule has 0 spiro atoms. The summed E-state index contributed by atoms with van der Waals surface area (Å²) in [7, 11) is -1.60. The fourth-order valence-corrected chi connectivity index (χ4v) is 1.75. The van der Waals surface area contributed by atoms with Crippen LogP contribution in [0.2, 0.25) is 0 Å². The van der Waals surface area contributed by atoms with E-state index in [1.54, 1.807) is 7.05 Å². The van der Waals surface area contributed by atoms with Crippen molar-refractivity contribution in [3.63, 3.8) is 0 Å². The van der Waals surface area contributed by atoms with Crippen LogP contribution < -0.4 is 14.2 Å². The van der Waals surface area contributed by atoms with E-state index in [0.717, 1.165) is 0 Å². The Morgan fingerprint density at radius 1 is 1.39 bits per heavy atom. The van der Waals surface area contributed by atoms with E-state index >= 15 is 0 Å². The summed E-state index contributed by atoms with van der Waals surface area (Å²) in [5.41, 5.74) is 0.531. The van der Waals surface area contributed by atoms with Crippen LogP contribution in [0.5, 0.6) is 11.5 Å². The topological polar surface area (TPSA) is 105 Å². The van der Waals surface area contributed by atoms with Crippen LogP contribution in [-0.4, -0.2) is 38.8 Å². The molecule has 1 aromatic carbocycles. The highest BCUT2D eigenvalue weighted by atomic mass is 32.3. The molecule has 8 heteroatoms. The summed E-state index contributed by atoms with van der Waals surface area (Å²) >= 11 is 0. The van der Waals surface area contributed by atoms with Crippen molar-refractivity contribution in [2.24, 2.45) is 0 Å². The average molecular weight is 277 g/mol. The van der Waals surface area contributed by atoms with E-state index in [0.29, 0.717) is 12.1 Å². The second-order valence-corrected chi connectivity index (χ2v) is 4.52. The zero-order chi connectivity index (χ0) is 13.8. The maximum Gasteiger partial charge on any atom is 0.446 e. The van der Waals surface area contributed by atoms with Crippen molar-refractivity contribution in [2.45, 2.75) is 6.10 Å². The molecular formula is C10H15NO6S. The van der Waals surface area contributed by atoms with Crippen LogP contribution in [-0.2, 0) is 10.4 Å². The lowest BCUT2D eigenvalue weighted by atomic mass is 10.1. The molecule has 0 aromatic heterocycles. The molecule has 0 fully saturated rings. The first-order chi connectivity index (χ1) is 8.37. The zero-order valence-corrected chi connectivity index (χ0v) is 10.8. The fraction of sp³-hybridized carbons (Fsp3) is 0.400. The van der Waals surface area contributed by atoms with Crippen molar-refractivity contribution in [3.8, 4) is 11.5 Å². The largest absolute Gasteiger partial charge is 0.493 e. The summed E-state index contributed by atoms with van der Waals surface area (Å²) < 4.78 is 39.1. The van der Waals surface area contributed by atoms with Crippen LogP contribution in [0.1, 0.15) is 11.7 Å². The maximum absolute atomic E-state index is 10.6. The number of aliphatic hydroxyl groups excluding tert-OH is 1. The molecule has 7 nitrogen and oxygen atoms in total. The number of aliphatic hydroxyl groups is 1. The highest BCUT2D eigenvalue weighted by Gasteiger charge is 2.15. The molecular weight excluding hydrogens is 262 g/mol. The smallest absolute Gasteiger partial charge is 0.446 e. The SMILES string of the molecule is CNCC(O)c1ccc(OS(=O)(=O)O)c(OC)c1. The normalized spacial score (nSPS) is 13.1. The third-order valence-electron chi connectivity index (χ3n) is 2.17. The van der Waals surface area contributed by atoms with Crippen molar-refractivity contribution in [2.75, 3.05) is 20.7 Å². The summed E-state index contributed by atoms with van der Waals surface area (Å²) in [5.74, 6) is -0.0549. The molecule has 0 radical (unpaired) electrons. The predicted octanol–water partition coefficient (Wildman–Crippen LogP) is 0.130. The lowest BCUT2D eigenvalue weighted by molar-refractivity contribution is 0.177. The lowest BCUT2D eigenvalue weighted by Gasteiger charge is -2.13. The molecule has 18 heavy (non-hydrogen) atoms. The quantitative estimate of drug-likeness (QED) is 0.635. The number of hydrogen-bond acceptors (Lipinski definition) is 6. The summed E-state index contributed by atoms with van der Waals surface area (Å²) in [4.78, 5) is 0. The monoisotopic (exact) mass is 277 g/mol. The molecule has 102 valence electrons. The molecule has 0 heterocycles. The van der Waals surface area contributed by atoms with E-state index in [1.165, 1.54) is 25.3 Å². The van der Waals surface area contributed by atoms with E-state index in [-0.39, 0.29) is 11.5 Å². The van der Waals surface area contributed by atoms with Crippen LogP contribution in [0.15, 0.2) is 18.2 Å². The van der Waals surface area contributed by atoms with Gasteiger partial charge in [0.05, 0.1) is 13.2 Å². The van der Waals surface area contributed by atoms with Crippen LogP contribution in [0, 0.1) is 0 Å². The number of hydrogen-bond donors (Lipinski definition) is 3. The molecule has 1 aromatic rings. The highest BCUT2D eigenvalue weighted by Crippen LogP contribution is 2.31. The Balaban J connectivity index is 3.03. The van der Waals surface area contributed by atoms with E-state index < -0.39 is 16.5 Å². The number of likely N-dealkylation sites (N-methyl/N-ethyl adjacent to an activating group) is 1. The van der Waals surface area contributed by atoms with Crippen LogP contribution in [0.3, 0.4) is 0 Å². The van der Waals surface area contributed by atoms with Gasteiger partial charge in [-0.15, -0.1) is 0 Å². The summed E-state index contributed by atoms with van der Waals surface area (Å²) in [6.45, 7) is 0.335. The van der Waals surface area contributed by atoms with E-state index in [4.69, 9.17) is 9.29 Å². The fourth-order valence-electron chi connectivity index (χ4n) is 1.38. The Morgan fingerprint density at radius 3 is 2.56 bits per heavy atom. The van der Waals surface area contributed by atoms with Crippen molar-refractivity contribution in [1.82, 2.24) is 5.32 Å². The number of nitrogens with one attached hydrogen (secondary N) is 1. The van der Waals surface area contributed by atoms with Gasteiger partial charge in [-0.2, -0.15) is 8.42 Å². The van der Waals surface area contributed by atoms with Gasteiger partial charge in [0, 0.05) is 6.54 Å². The molecule has 0 aliphatic carbocycles. The maximum atomic E-state index is 10.6. The van der Waals surface area contributed by atoms with Gasteiger partial charge in [0.1, 0.15) is 0 Å². The van der Waals surface area contributed by atoms with Crippen molar-refractivity contribution in [3.05, 3.63) is 23.8 Å². The number of ether oxygens (including phenoxy) is 1. The molecule has 0 aliphatic heterocycles. The van der Waals surface area contributed by atoms with Gasteiger partial charge in [-0.3, -0.25) is 4.55 Å². The highest BCUT2D eigenvalue weighted by molar-refractivity contribution is 7.81. The lowest BCUT2D eigenvalue weighted by Crippen LogP contribution is -2.16. The minimum Gasteiger partial charge on any atom is -0.493 e. The predicted molar refractivity (Wildman–Crippen MR) is 64.1 cm³/mol. The molecule has 1 atom stereocenters. The molecule has 1 rings (SSSR count). The van der Waals surface area contributed by atoms with E-state index in [9.17, 15) is 13.5 Å². The Bertz CT molecular complexity index is 501. The number of methoxy groups -OCH3 is 1. The summed E-state index contributed by atoms with van der Waals surface area (Å²) in [5, 5.41) is 12.5. The van der Waals surface area contributed by atoms with Gasteiger partial charge in [-0.1, -0.05) is 6.07 Å². The summed E-state index contributed by atoms with van der Waals surface area (Å²) in [6.07, 6.45) is -0.760. The van der Waals surface area contributed by atoms with Crippen LogP contribution in [0.4, 0.5) is 0 Å². The standard InChI is InChI=1S/C10H15NO6S/c1-11-6-8(12)7-3-4-9(10(5-7)16-2)17-18(13,14)15/h3-5,8,11-12H,6H2,1-2H3,(H,13,14,15). The van der Waals surface area contributed by atoms with Gasteiger partial charge in [-0.05, 0) is 24.7 Å². The Kier molecular flexibility index (Phi) is 4.91. The minimum atomic E-state index is -4.61. The van der Waals surface area contributed by atoms with Crippen LogP contribution in [0.25, 0.3) is 0 Å². The van der Waals surface area contributed by atoms with Crippen molar-refractivity contribution in [1.29, 1.82) is 0 Å². The molecule has 1 unspecified atom stereocenters. The van der Waals surface area contributed by atoms with Gasteiger partial charge >= 0.3 is 10.4 Å². The Labute approximate surface area is 105 Å². The molecule has 0 aliphatic rings. The van der Waals surface area contributed by atoms with E-state index in [2.05, 4.69) is 9.50 Å². The van der Waals surface area contributed by atoms with Crippen molar-refractivity contribution >= 4 is 10.4 Å². The first-order valence-electron chi connectivity index (χ1n) is 5.05. The molecule has 0 bridgehead atoms. The minimum absolute atomic E-state index is 0.0975. The zero-order valence-electron chi connectivity index (χ0n) is 9.95. The first-order valence-corrected chi connectivity index (χ1v) is 6.41. The third-order valence-corrected chi connectivity index (χ3v) is 2.56. The second-order valence-electron chi connectivity index (χ2n) is 3.49. The summed E-state index contributed by atoms with van der Waals surface area (Å²) in [6, 6.07) is 4.20. The molecule has 0 saturated heterocycles. The Morgan fingerprint density at radius 2 is 2.06 bits per heavy atom. The molecule has 0 saturated carbocycles.